The lowest BCUT2D eigenvalue weighted by molar-refractivity contribution is -0.186. The van der Waals surface area contributed by atoms with Crippen LogP contribution in [0, 0.1) is 11.8 Å². The van der Waals surface area contributed by atoms with Crippen LogP contribution in [0.15, 0.2) is 43.0 Å². The first-order chi connectivity index (χ1) is 18.4. The van der Waals surface area contributed by atoms with Crippen molar-refractivity contribution in [2.45, 2.75) is 84.5 Å². The van der Waals surface area contributed by atoms with Gasteiger partial charge in [-0.25, -0.2) is 9.67 Å². The van der Waals surface area contributed by atoms with Gasteiger partial charge in [0.05, 0.1) is 6.61 Å². The predicted octanol–water partition coefficient (Wildman–Crippen LogP) is 3.67. The summed E-state index contributed by atoms with van der Waals surface area (Å²) < 4.78 is 12.3. The standard InChI is InChI=1S/C28H41N5O5/c1-22(2)18-24(12-6-7-13-26(35)38-27-14-8-9-17-37-27)28(36)31-33(16-15-23-10-4-3-5-11-23)25(34)19-32-21-29-20-30-32/h3-5,10-11,20-22,24,27H,6-9,12-19H2,1-2H3,(H,31,36)/t24-,27?/m0/s1. The molecule has 1 aromatic carbocycles. The van der Waals surface area contributed by atoms with Crippen LogP contribution in [0.4, 0.5) is 0 Å². The quantitative estimate of drug-likeness (QED) is 0.226. The van der Waals surface area contributed by atoms with Crippen LogP contribution in [0.25, 0.3) is 0 Å². The first-order valence-electron chi connectivity index (χ1n) is 13.7. The zero-order valence-electron chi connectivity index (χ0n) is 22.6. The third-order valence-corrected chi connectivity index (χ3v) is 6.49. The van der Waals surface area contributed by atoms with Crippen LogP contribution in [0.5, 0.6) is 0 Å². The molecule has 0 saturated carbocycles. The molecule has 0 bridgehead atoms. The lowest BCUT2D eigenvalue weighted by Gasteiger charge is -2.27. The van der Waals surface area contributed by atoms with Crippen molar-refractivity contribution in [1.29, 1.82) is 0 Å². The summed E-state index contributed by atoms with van der Waals surface area (Å²) in [5, 5.41) is 5.41. The van der Waals surface area contributed by atoms with Gasteiger partial charge in [0.25, 0.3) is 5.91 Å². The van der Waals surface area contributed by atoms with Gasteiger partial charge in [-0.2, -0.15) is 5.10 Å². The molecule has 0 aliphatic carbocycles. The highest BCUT2D eigenvalue weighted by Gasteiger charge is 2.25. The van der Waals surface area contributed by atoms with E-state index in [2.05, 4.69) is 29.4 Å². The molecule has 1 fully saturated rings. The summed E-state index contributed by atoms with van der Waals surface area (Å²) in [5.41, 5.74) is 3.96. The van der Waals surface area contributed by atoms with Gasteiger partial charge in [0, 0.05) is 25.3 Å². The molecule has 0 spiro atoms. The topological polar surface area (TPSA) is 116 Å². The summed E-state index contributed by atoms with van der Waals surface area (Å²) in [7, 11) is 0. The Hall–Kier alpha value is -3.27. The van der Waals surface area contributed by atoms with E-state index in [9.17, 15) is 14.4 Å². The molecule has 10 nitrogen and oxygen atoms in total. The summed E-state index contributed by atoms with van der Waals surface area (Å²) in [5.74, 6) is -0.672. The number of hydrogen-bond donors (Lipinski definition) is 1. The molecule has 1 saturated heterocycles. The number of nitrogens with one attached hydrogen (secondary N) is 1. The monoisotopic (exact) mass is 527 g/mol. The molecule has 2 aromatic rings. The average molecular weight is 528 g/mol. The Labute approximate surface area is 225 Å². The van der Waals surface area contributed by atoms with Crippen LogP contribution in [0.3, 0.4) is 0 Å². The van der Waals surface area contributed by atoms with Gasteiger partial charge in [-0.15, -0.1) is 0 Å². The average Bonchev–Trinajstić information content (AvgIpc) is 3.42. The lowest BCUT2D eigenvalue weighted by atomic mass is 9.91. The van der Waals surface area contributed by atoms with Crippen molar-refractivity contribution >= 4 is 17.8 Å². The number of unbranched alkanes of at least 4 members (excludes halogenated alkanes) is 1. The minimum Gasteiger partial charge on any atom is -0.436 e. The Morgan fingerprint density at radius 1 is 1.18 bits per heavy atom. The van der Waals surface area contributed by atoms with E-state index in [0.29, 0.717) is 57.6 Å². The largest absolute Gasteiger partial charge is 0.436 e. The van der Waals surface area contributed by atoms with E-state index >= 15 is 0 Å². The summed E-state index contributed by atoms with van der Waals surface area (Å²) in [6.07, 6.45) is 8.75. The minimum atomic E-state index is -0.423. The maximum atomic E-state index is 13.4. The third kappa shape index (κ3) is 10.6. The molecule has 1 aliphatic rings. The molecule has 1 aromatic heterocycles. The van der Waals surface area contributed by atoms with Crippen LogP contribution >= 0.6 is 0 Å². The number of esters is 1. The second-order valence-electron chi connectivity index (χ2n) is 10.2. The van der Waals surface area contributed by atoms with Crippen molar-refractivity contribution in [3.8, 4) is 0 Å². The normalized spacial score (nSPS) is 16.1. The van der Waals surface area contributed by atoms with Crippen LogP contribution < -0.4 is 5.43 Å². The molecule has 3 rings (SSSR count). The van der Waals surface area contributed by atoms with Gasteiger partial charge in [-0.05, 0) is 50.0 Å². The fourth-order valence-corrected chi connectivity index (χ4v) is 4.49. The second-order valence-corrected chi connectivity index (χ2v) is 10.2. The molecule has 2 heterocycles. The lowest BCUT2D eigenvalue weighted by Crippen LogP contribution is -2.50. The number of nitrogens with zero attached hydrogens (tertiary/aromatic N) is 4. The van der Waals surface area contributed by atoms with Crippen molar-refractivity contribution in [1.82, 2.24) is 25.2 Å². The number of hydrazine groups is 1. The highest BCUT2D eigenvalue weighted by Crippen LogP contribution is 2.20. The molecule has 2 atom stereocenters. The summed E-state index contributed by atoms with van der Waals surface area (Å²) in [4.78, 5) is 42.5. The number of benzene rings is 1. The number of hydrogen-bond acceptors (Lipinski definition) is 7. The molecular formula is C28H41N5O5. The Bertz CT molecular complexity index is 977. The Balaban J connectivity index is 1.53. The number of ether oxygens (including phenoxy) is 2. The molecule has 2 amide bonds. The van der Waals surface area contributed by atoms with E-state index in [1.807, 2.05) is 30.3 Å². The van der Waals surface area contributed by atoms with E-state index in [4.69, 9.17) is 9.47 Å². The third-order valence-electron chi connectivity index (χ3n) is 6.49. The zero-order chi connectivity index (χ0) is 27.2. The SMILES string of the molecule is CC(C)C[C@H](CCCCC(=O)OC1CCCCO1)C(=O)NN(CCc1ccccc1)C(=O)Cn1cncn1. The van der Waals surface area contributed by atoms with Crippen molar-refractivity contribution in [2.75, 3.05) is 13.2 Å². The van der Waals surface area contributed by atoms with Crippen molar-refractivity contribution in [2.24, 2.45) is 11.8 Å². The smallest absolute Gasteiger partial charge is 0.308 e. The van der Waals surface area contributed by atoms with E-state index < -0.39 is 6.29 Å². The fourth-order valence-electron chi connectivity index (χ4n) is 4.49. The van der Waals surface area contributed by atoms with Gasteiger partial charge in [-0.3, -0.25) is 24.8 Å². The van der Waals surface area contributed by atoms with Gasteiger partial charge in [0.15, 0.2) is 0 Å². The number of rotatable bonds is 14. The van der Waals surface area contributed by atoms with Gasteiger partial charge in [0.1, 0.15) is 19.2 Å². The van der Waals surface area contributed by atoms with Gasteiger partial charge < -0.3 is 9.47 Å². The van der Waals surface area contributed by atoms with Crippen molar-refractivity contribution in [3.63, 3.8) is 0 Å². The number of carbonyl (C=O) groups excluding carboxylic acids is 3. The van der Waals surface area contributed by atoms with Crippen LogP contribution in [-0.4, -0.2) is 57.0 Å². The van der Waals surface area contributed by atoms with Gasteiger partial charge in [-0.1, -0.05) is 50.6 Å². The number of amides is 2. The van der Waals surface area contributed by atoms with Gasteiger partial charge in [0.2, 0.25) is 12.2 Å². The van der Waals surface area contributed by atoms with Gasteiger partial charge >= 0.3 is 5.97 Å². The second kappa shape index (κ2) is 15.9. The van der Waals surface area contributed by atoms with Crippen LogP contribution in [-0.2, 0) is 36.8 Å². The molecule has 1 N–H and O–H groups in total. The van der Waals surface area contributed by atoms with Crippen LogP contribution in [0.1, 0.15) is 70.8 Å². The van der Waals surface area contributed by atoms with Crippen molar-refractivity contribution < 1.29 is 23.9 Å². The highest BCUT2D eigenvalue weighted by molar-refractivity contribution is 5.83. The maximum Gasteiger partial charge on any atom is 0.308 e. The van der Waals surface area contributed by atoms with Crippen molar-refractivity contribution in [3.05, 3.63) is 48.5 Å². The predicted molar refractivity (Wildman–Crippen MR) is 141 cm³/mol. The van der Waals surface area contributed by atoms with E-state index in [1.165, 1.54) is 22.3 Å². The summed E-state index contributed by atoms with van der Waals surface area (Å²) in [6, 6.07) is 9.83. The summed E-state index contributed by atoms with van der Waals surface area (Å²) in [6.45, 7) is 5.10. The molecule has 0 radical (unpaired) electrons. The molecule has 208 valence electrons. The summed E-state index contributed by atoms with van der Waals surface area (Å²) >= 11 is 0. The van der Waals surface area contributed by atoms with E-state index in [-0.39, 0.29) is 30.2 Å². The molecular weight excluding hydrogens is 486 g/mol. The van der Waals surface area contributed by atoms with Crippen LogP contribution in [0.2, 0.25) is 0 Å². The molecule has 1 unspecified atom stereocenters. The Kier molecular flexibility index (Phi) is 12.2. The minimum absolute atomic E-state index is 0.0171. The molecule has 10 heteroatoms. The first kappa shape index (κ1) is 29.3. The maximum absolute atomic E-state index is 13.4. The number of carbonyl (C=O) groups is 3. The zero-order valence-corrected chi connectivity index (χ0v) is 22.6. The Morgan fingerprint density at radius 3 is 2.68 bits per heavy atom. The van der Waals surface area contributed by atoms with E-state index in [0.717, 1.165) is 24.8 Å². The highest BCUT2D eigenvalue weighted by atomic mass is 16.7. The first-order valence-corrected chi connectivity index (χ1v) is 13.7. The Morgan fingerprint density at radius 2 is 2.00 bits per heavy atom. The molecule has 1 aliphatic heterocycles. The molecule has 38 heavy (non-hydrogen) atoms. The van der Waals surface area contributed by atoms with E-state index in [1.54, 1.807) is 0 Å². The number of aromatic nitrogens is 3. The fraction of sp³-hybridized carbons (Fsp3) is 0.607.